The SMILES string of the molecule is CN1CCC(C(=O)NCc2ccc(Cn3ccnc3)cc2)CC1=O. The van der Waals surface area contributed by atoms with Crippen LogP contribution in [0.5, 0.6) is 0 Å². The third-order valence-corrected chi connectivity index (χ3v) is 4.44. The molecule has 1 aliphatic heterocycles. The number of aromatic nitrogens is 2. The summed E-state index contributed by atoms with van der Waals surface area (Å²) in [5, 5.41) is 2.94. The lowest BCUT2D eigenvalue weighted by molar-refractivity contribution is -0.139. The van der Waals surface area contributed by atoms with Crippen molar-refractivity contribution in [1.29, 1.82) is 0 Å². The van der Waals surface area contributed by atoms with E-state index in [2.05, 4.69) is 22.4 Å². The summed E-state index contributed by atoms with van der Waals surface area (Å²) in [6.45, 7) is 1.93. The van der Waals surface area contributed by atoms with Crippen LogP contribution in [0.15, 0.2) is 43.0 Å². The number of likely N-dealkylation sites (tertiary alicyclic amines) is 1. The second-order valence-electron chi connectivity index (χ2n) is 6.27. The molecule has 1 aromatic carbocycles. The predicted octanol–water partition coefficient (Wildman–Crippen LogP) is 1.42. The van der Waals surface area contributed by atoms with Gasteiger partial charge in [-0.25, -0.2) is 4.98 Å². The fourth-order valence-electron chi connectivity index (χ4n) is 2.85. The van der Waals surface area contributed by atoms with E-state index >= 15 is 0 Å². The standard InChI is InChI=1S/C18H22N4O2/c1-21-8-6-16(10-17(21)23)18(24)20-11-14-2-4-15(5-3-14)12-22-9-7-19-13-22/h2-5,7,9,13,16H,6,8,10-12H2,1H3,(H,20,24). The lowest BCUT2D eigenvalue weighted by Crippen LogP contribution is -2.41. The van der Waals surface area contributed by atoms with Crippen molar-refractivity contribution in [3.05, 3.63) is 54.1 Å². The predicted molar refractivity (Wildman–Crippen MR) is 90.0 cm³/mol. The molecule has 1 N–H and O–H groups in total. The van der Waals surface area contributed by atoms with Gasteiger partial charge in [0.25, 0.3) is 0 Å². The van der Waals surface area contributed by atoms with Crippen molar-refractivity contribution in [3.63, 3.8) is 0 Å². The van der Waals surface area contributed by atoms with E-state index in [-0.39, 0.29) is 17.7 Å². The molecule has 24 heavy (non-hydrogen) atoms. The quantitative estimate of drug-likeness (QED) is 0.903. The summed E-state index contributed by atoms with van der Waals surface area (Å²) in [4.78, 5) is 29.6. The van der Waals surface area contributed by atoms with Gasteiger partial charge in [0, 0.05) is 51.4 Å². The molecule has 0 bridgehead atoms. The lowest BCUT2D eigenvalue weighted by atomic mass is 9.95. The largest absolute Gasteiger partial charge is 0.352 e. The van der Waals surface area contributed by atoms with Crippen LogP contribution in [-0.2, 0) is 22.7 Å². The zero-order valence-electron chi connectivity index (χ0n) is 13.8. The molecular weight excluding hydrogens is 304 g/mol. The van der Waals surface area contributed by atoms with Crippen molar-refractivity contribution in [2.75, 3.05) is 13.6 Å². The minimum absolute atomic E-state index is 0.0288. The van der Waals surface area contributed by atoms with E-state index in [9.17, 15) is 9.59 Å². The first-order valence-corrected chi connectivity index (χ1v) is 8.17. The zero-order valence-corrected chi connectivity index (χ0v) is 13.8. The smallest absolute Gasteiger partial charge is 0.223 e. The van der Waals surface area contributed by atoms with Crippen LogP contribution in [0.2, 0.25) is 0 Å². The van der Waals surface area contributed by atoms with Gasteiger partial charge < -0.3 is 14.8 Å². The van der Waals surface area contributed by atoms with Crippen LogP contribution in [0.4, 0.5) is 0 Å². The van der Waals surface area contributed by atoms with Gasteiger partial charge in [-0.05, 0) is 17.5 Å². The molecule has 2 amide bonds. The lowest BCUT2D eigenvalue weighted by Gasteiger charge is -2.27. The monoisotopic (exact) mass is 326 g/mol. The molecule has 0 spiro atoms. The summed E-state index contributed by atoms with van der Waals surface area (Å²) in [6, 6.07) is 8.15. The molecule has 2 aromatic rings. The van der Waals surface area contributed by atoms with Gasteiger partial charge in [-0.3, -0.25) is 9.59 Å². The van der Waals surface area contributed by atoms with Crippen molar-refractivity contribution in [1.82, 2.24) is 19.8 Å². The molecule has 1 fully saturated rings. The molecule has 0 aliphatic carbocycles. The molecule has 3 rings (SSSR count). The number of benzene rings is 1. The summed E-state index contributed by atoms with van der Waals surface area (Å²) in [5.41, 5.74) is 2.24. The molecule has 6 heteroatoms. The number of nitrogens with one attached hydrogen (secondary N) is 1. The first-order valence-electron chi connectivity index (χ1n) is 8.17. The topological polar surface area (TPSA) is 67.2 Å². The van der Waals surface area contributed by atoms with E-state index in [0.717, 1.165) is 18.5 Å². The maximum Gasteiger partial charge on any atom is 0.223 e. The third-order valence-electron chi connectivity index (χ3n) is 4.44. The van der Waals surface area contributed by atoms with Crippen LogP contribution in [0.1, 0.15) is 24.0 Å². The van der Waals surface area contributed by atoms with E-state index in [1.807, 2.05) is 22.9 Å². The molecule has 1 atom stereocenters. The molecular formula is C18H22N4O2. The third kappa shape index (κ3) is 4.01. The van der Waals surface area contributed by atoms with Gasteiger partial charge in [-0.15, -0.1) is 0 Å². The van der Waals surface area contributed by atoms with Crippen LogP contribution in [-0.4, -0.2) is 39.9 Å². The molecule has 6 nitrogen and oxygen atoms in total. The number of carbonyl (C=O) groups excluding carboxylic acids is 2. The first-order chi connectivity index (χ1) is 11.6. The van der Waals surface area contributed by atoms with Gasteiger partial charge in [0.15, 0.2) is 0 Å². The minimum Gasteiger partial charge on any atom is -0.352 e. The fraction of sp³-hybridized carbons (Fsp3) is 0.389. The Hall–Kier alpha value is -2.63. The van der Waals surface area contributed by atoms with Crippen LogP contribution in [0.25, 0.3) is 0 Å². The van der Waals surface area contributed by atoms with Crippen molar-refractivity contribution < 1.29 is 9.59 Å². The molecule has 0 saturated carbocycles. The van der Waals surface area contributed by atoms with Gasteiger partial charge in [0.2, 0.25) is 11.8 Å². The Kier molecular flexibility index (Phi) is 4.93. The average molecular weight is 326 g/mol. The minimum atomic E-state index is -0.200. The highest BCUT2D eigenvalue weighted by atomic mass is 16.2. The second kappa shape index (κ2) is 7.29. The number of amides is 2. The number of hydrogen-bond acceptors (Lipinski definition) is 3. The van der Waals surface area contributed by atoms with E-state index in [0.29, 0.717) is 19.5 Å². The van der Waals surface area contributed by atoms with Gasteiger partial charge in [0.05, 0.1) is 6.33 Å². The summed E-state index contributed by atoms with van der Waals surface area (Å²) < 4.78 is 2.01. The zero-order chi connectivity index (χ0) is 16.9. The van der Waals surface area contributed by atoms with Crippen LogP contribution in [0, 0.1) is 5.92 Å². The Bertz CT molecular complexity index is 694. The van der Waals surface area contributed by atoms with Gasteiger partial charge in [-0.2, -0.15) is 0 Å². The second-order valence-corrected chi connectivity index (χ2v) is 6.27. The Labute approximate surface area is 141 Å². The van der Waals surface area contributed by atoms with Gasteiger partial charge >= 0.3 is 0 Å². The highest BCUT2D eigenvalue weighted by Gasteiger charge is 2.28. The van der Waals surface area contributed by atoms with Crippen molar-refractivity contribution in [2.45, 2.75) is 25.9 Å². The van der Waals surface area contributed by atoms with Crippen LogP contribution >= 0.6 is 0 Å². The van der Waals surface area contributed by atoms with Crippen LogP contribution in [0.3, 0.4) is 0 Å². The number of imidazole rings is 1. The highest BCUT2D eigenvalue weighted by Crippen LogP contribution is 2.17. The summed E-state index contributed by atoms with van der Waals surface area (Å²) in [7, 11) is 1.78. The first kappa shape index (κ1) is 16.2. The van der Waals surface area contributed by atoms with Gasteiger partial charge in [-0.1, -0.05) is 24.3 Å². The molecule has 1 unspecified atom stereocenters. The number of carbonyl (C=O) groups is 2. The van der Waals surface area contributed by atoms with Crippen molar-refractivity contribution in [3.8, 4) is 0 Å². The molecule has 0 radical (unpaired) electrons. The molecule has 1 aromatic heterocycles. The number of nitrogens with zero attached hydrogens (tertiary/aromatic N) is 3. The Morgan fingerprint density at radius 2 is 2.04 bits per heavy atom. The molecule has 1 saturated heterocycles. The van der Waals surface area contributed by atoms with Crippen LogP contribution < -0.4 is 5.32 Å². The average Bonchev–Trinajstić information content (AvgIpc) is 3.09. The van der Waals surface area contributed by atoms with Gasteiger partial charge in [0.1, 0.15) is 0 Å². The fourth-order valence-corrected chi connectivity index (χ4v) is 2.85. The van der Waals surface area contributed by atoms with E-state index in [1.165, 1.54) is 5.56 Å². The van der Waals surface area contributed by atoms with E-state index < -0.39 is 0 Å². The Morgan fingerprint density at radius 1 is 1.29 bits per heavy atom. The highest BCUT2D eigenvalue weighted by molar-refractivity contribution is 5.86. The maximum atomic E-state index is 12.2. The van der Waals surface area contributed by atoms with E-state index in [1.54, 1.807) is 24.5 Å². The molecule has 1 aliphatic rings. The van der Waals surface area contributed by atoms with Crippen molar-refractivity contribution >= 4 is 11.8 Å². The summed E-state index contributed by atoms with van der Waals surface area (Å²) >= 11 is 0. The Balaban J connectivity index is 1.49. The molecule has 126 valence electrons. The number of hydrogen-bond donors (Lipinski definition) is 1. The normalized spacial score (nSPS) is 17.8. The number of piperidine rings is 1. The summed E-state index contributed by atoms with van der Waals surface area (Å²) in [6.07, 6.45) is 6.52. The summed E-state index contributed by atoms with van der Waals surface area (Å²) in [5.74, 6) is -0.182. The Morgan fingerprint density at radius 3 is 2.71 bits per heavy atom. The van der Waals surface area contributed by atoms with Crippen molar-refractivity contribution in [2.24, 2.45) is 5.92 Å². The number of rotatable bonds is 5. The maximum absolute atomic E-state index is 12.2. The molecule has 2 heterocycles. The van der Waals surface area contributed by atoms with E-state index in [4.69, 9.17) is 0 Å².